The number of likely N-dealkylation sites (tertiary alicyclic amines) is 1. The quantitative estimate of drug-likeness (QED) is 0.711. The van der Waals surface area contributed by atoms with E-state index in [4.69, 9.17) is 0 Å². The molecule has 0 aromatic heterocycles. The highest BCUT2D eigenvalue weighted by atomic mass is 16.2. The normalized spacial score (nSPS) is 19.4. The second kappa shape index (κ2) is 10.6. The van der Waals surface area contributed by atoms with Crippen LogP contribution in [0.4, 0.5) is 11.4 Å². The minimum Gasteiger partial charge on any atom is -0.367 e. The van der Waals surface area contributed by atoms with Crippen molar-refractivity contribution >= 4 is 29.1 Å². The molecule has 1 aliphatic carbocycles. The van der Waals surface area contributed by atoms with Crippen molar-refractivity contribution in [3.05, 3.63) is 23.8 Å². The molecule has 0 spiro atoms. The Bertz CT molecular complexity index is 866. The Kier molecular flexibility index (Phi) is 7.56. The smallest absolute Gasteiger partial charge is 0.256 e. The van der Waals surface area contributed by atoms with Gasteiger partial charge in [0.05, 0.1) is 5.56 Å². The lowest BCUT2D eigenvalue weighted by molar-refractivity contribution is -0.132. The molecule has 2 aliphatic heterocycles. The van der Waals surface area contributed by atoms with E-state index in [-0.39, 0.29) is 23.6 Å². The number of hydrogen-bond donors (Lipinski definition) is 1. The Labute approximate surface area is 197 Å². The first-order chi connectivity index (χ1) is 15.9. The lowest BCUT2D eigenvalue weighted by Crippen LogP contribution is -2.49. The van der Waals surface area contributed by atoms with Crippen LogP contribution in [0, 0.1) is 11.8 Å². The van der Waals surface area contributed by atoms with Crippen LogP contribution in [0.3, 0.4) is 0 Å². The molecule has 1 N–H and O–H groups in total. The van der Waals surface area contributed by atoms with Gasteiger partial charge >= 0.3 is 0 Å². The summed E-state index contributed by atoms with van der Waals surface area (Å²) in [6.45, 7) is 8.46. The van der Waals surface area contributed by atoms with E-state index in [0.29, 0.717) is 49.8 Å². The van der Waals surface area contributed by atoms with Crippen molar-refractivity contribution in [3.63, 3.8) is 0 Å². The van der Waals surface area contributed by atoms with Crippen molar-refractivity contribution in [2.45, 2.75) is 58.8 Å². The van der Waals surface area contributed by atoms with Crippen LogP contribution in [0.25, 0.3) is 0 Å². The summed E-state index contributed by atoms with van der Waals surface area (Å²) in [6.07, 6.45) is 6.83. The second-order valence-corrected chi connectivity index (χ2v) is 10.2. The summed E-state index contributed by atoms with van der Waals surface area (Å²) in [5.41, 5.74) is 2.26. The third kappa shape index (κ3) is 5.68. The summed E-state index contributed by atoms with van der Waals surface area (Å²) in [6, 6.07) is 5.74. The molecule has 1 aromatic rings. The lowest BCUT2D eigenvalue weighted by Gasteiger charge is -2.38. The molecule has 3 fully saturated rings. The number of nitrogens with one attached hydrogen (secondary N) is 1. The fourth-order valence-corrected chi connectivity index (χ4v) is 4.92. The number of anilines is 2. The van der Waals surface area contributed by atoms with Gasteiger partial charge in [0, 0.05) is 63.0 Å². The van der Waals surface area contributed by atoms with Gasteiger partial charge in [0.15, 0.2) is 0 Å². The number of nitrogens with zero attached hydrogens (tertiary/aromatic N) is 3. The molecule has 1 saturated carbocycles. The van der Waals surface area contributed by atoms with Crippen molar-refractivity contribution in [1.82, 2.24) is 9.80 Å². The molecular weight excluding hydrogens is 416 g/mol. The van der Waals surface area contributed by atoms with Crippen molar-refractivity contribution in [3.8, 4) is 0 Å². The Morgan fingerprint density at radius 2 is 1.61 bits per heavy atom. The summed E-state index contributed by atoms with van der Waals surface area (Å²) < 4.78 is 0. The summed E-state index contributed by atoms with van der Waals surface area (Å²) >= 11 is 0. The van der Waals surface area contributed by atoms with Crippen LogP contribution in [-0.4, -0.2) is 66.8 Å². The average Bonchev–Trinajstić information content (AvgIpc) is 2.77. The van der Waals surface area contributed by atoms with Crippen LogP contribution in [0.5, 0.6) is 0 Å². The Morgan fingerprint density at radius 3 is 2.21 bits per heavy atom. The van der Waals surface area contributed by atoms with Crippen LogP contribution < -0.4 is 10.2 Å². The van der Waals surface area contributed by atoms with Crippen LogP contribution in [0.1, 0.15) is 69.2 Å². The van der Waals surface area contributed by atoms with Crippen LogP contribution in [-0.2, 0) is 9.59 Å². The van der Waals surface area contributed by atoms with Crippen LogP contribution in [0.15, 0.2) is 18.2 Å². The van der Waals surface area contributed by atoms with Crippen molar-refractivity contribution < 1.29 is 14.4 Å². The van der Waals surface area contributed by atoms with Gasteiger partial charge in [-0.3, -0.25) is 14.4 Å². The van der Waals surface area contributed by atoms with Gasteiger partial charge < -0.3 is 20.0 Å². The molecule has 2 heterocycles. The fourth-order valence-electron chi connectivity index (χ4n) is 4.92. The van der Waals surface area contributed by atoms with Gasteiger partial charge in [0.25, 0.3) is 5.91 Å². The molecule has 1 aromatic carbocycles. The van der Waals surface area contributed by atoms with E-state index in [1.54, 1.807) is 0 Å². The van der Waals surface area contributed by atoms with Crippen molar-refractivity contribution in [2.75, 3.05) is 49.5 Å². The zero-order valence-corrected chi connectivity index (χ0v) is 20.1. The number of amides is 3. The van der Waals surface area contributed by atoms with E-state index in [9.17, 15) is 14.4 Å². The molecule has 2 saturated heterocycles. The molecular formula is C26H38N4O3. The molecule has 0 bridgehead atoms. The van der Waals surface area contributed by atoms with Gasteiger partial charge in [0.2, 0.25) is 11.8 Å². The Balaban J connectivity index is 1.51. The SMILES string of the molecule is CC(C)CC(=O)N1CCN(c2ccc(NC(=O)C3CCC3)cc2C(=O)N2CCCCC2)CC1. The van der Waals surface area contributed by atoms with E-state index in [1.165, 1.54) is 6.42 Å². The molecule has 33 heavy (non-hydrogen) atoms. The summed E-state index contributed by atoms with van der Waals surface area (Å²) in [4.78, 5) is 44.6. The molecule has 0 radical (unpaired) electrons. The maximum absolute atomic E-state index is 13.5. The highest BCUT2D eigenvalue weighted by Gasteiger charge is 2.29. The topological polar surface area (TPSA) is 73.0 Å². The molecule has 0 unspecified atom stereocenters. The first-order valence-corrected chi connectivity index (χ1v) is 12.7. The zero-order chi connectivity index (χ0) is 23.4. The number of carbonyl (C=O) groups is 3. The largest absolute Gasteiger partial charge is 0.367 e. The van der Waals surface area contributed by atoms with E-state index >= 15 is 0 Å². The van der Waals surface area contributed by atoms with Crippen molar-refractivity contribution in [1.29, 1.82) is 0 Å². The van der Waals surface area contributed by atoms with Gasteiger partial charge in [-0.25, -0.2) is 0 Å². The summed E-state index contributed by atoms with van der Waals surface area (Å²) in [5, 5.41) is 3.03. The number of carbonyl (C=O) groups excluding carboxylic acids is 3. The predicted molar refractivity (Wildman–Crippen MR) is 130 cm³/mol. The first-order valence-electron chi connectivity index (χ1n) is 12.7. The lowest BCUT2D eigenvalue weighted by atomic mass is 9.85. The predicted octanol–water partition coefficient (Wildman–Crippen LogP) is 3.75. The third-order valence-corrected chi connectivity index (χ3v) is 7.17. The highest BCUT2D eigenvalue weighted by molar-refractivity contribution is 6.02. The Hall–Kier alpha value is -2.57. The number of benzene rings is 1. The average molecular weight is 455 g/mol. The second-order valence-electron chi connectivity index (χ2n) is 10.2. The van der Waals surface area contributed by atoms with Gasteiger partial charge in [-0.1, -0.05) is 20.3 Å². The third-order valence-electron chi connectivity index (χ3n) is 7.17. The summed E-state index contributed by atoms with van der Waals surface area (Å²) in [7, 11) is 0. The maximum Gasteiger partial charge on any atom is 0.256 e. The number of piperazine rings is 1. The van der Waals surface area contributed by atoms with E-state index < -0.39 is 0 Å². The minimum atomic E-state index is 0.0442. The van der Waals surface area contributed by atoms with Crippen LogP contribution in [0.2, 0.25) is 0 Å². The monoisotopic (exact) mass is 454 g/mol. The molecule has 180 valence electrons. The van der Waals surface area contributed by atoms with E-state index in [0.717, 1.165) is 50.9 Å². The van der Waals surface area contributed by atoms with Gasteiger partial charge in [0.1, 0.15) is 0 Å². The number of rotatable bonds is 6. The summed E-state index contributed by atoms with van der Waals surface area (Å²) in [5.74, 6) is 0.767. The maximum atomic E-state index is 13.5. The Morgan fingerprint density at radius 1 is 0.909 bits per heavy atom. The number of hydrogen-bond acceptors (Lipinski definition) is 4. The van der Waals surface area contributed by atoms with Gasteiger partial charge in [-0.05, 0) is 56.2 Å². The van der Waals surface area contributed by atoms with Gasteiger partial charge in [-0.15, -0.1) is 0 Å². The standard InChI is InChI=1S/C26H38N4O3/c1-19(2)17-24(31)29-15-13-28(14-16-29)23-10-9-21(27-25(32)20-7-6-8-20)18-22(23)26(33)30-11-4-3-5-12-30/h9-10,18-20H,3-8,11-17H2,1-2H3,(H,27,32). The first kappa shape index (κ1) is 23.6. The van der Waals surface area contributed by atoms with E-state index in [1.807, 2.05) is 28.0 Å². The highest BCUT2D eigenvalue weighted by Crippen LogP contribution is 2.31. The van der Waals surface area contributed by atoms with E-state index in [2.05, 4.69) is 24.1 Å². The molecule has 3 amide bonds. The molecule has 3 aliphatic rings. The molecule has 4 rings (SSSR count). The number of piperidine rings is 1. The van der Waals surface area contributed by atoms with Crippen molar-refractivity contribution in [2.24, 2.45) is 11.8 Å². The fraction of sp³-hybridized carbons (Fsp3) is 0.654. The molecule has 0 atom stereocenters. The molecule has 7 nitrogen and oxygen atoms in total. The minimum absolute atomic E-state index is 0.0442. The van der Waals surface area contributed by atoms with Gasteiger partial charge in [-0.2, -0.15) is 0 Å². The molecule has 7 heteroatoms. The zero-order valence-electron chi connectivity index (χ0n) is 20.1. The van der Waals surface area contributed by atoms with Crippen LogP contribution >= 0.6 is 0 Å².